The zero-order valence-electron chi connectivity index (χ0n) is 10.6. The highest BCUT2D eigenvalue weighted by molar-refractivity contribution is 6.33. The summed E-state index contributed by atoms with van der Waals surface area (Å²) in [5.74, 6) is 0.487. The minimum absolute atomic E-state index is 0.127. The summed E-state index contributed by atoms with van der Waals surface area (Å²) in [6, 6.07) is 5.48. The molecule has 1 N–H and O–H groups in total. The van der Waals surface area contributed by atoms with Gasteiger partial charge in [0.25, 0.3) is 0 Å². The molecule has 2 rings (SSSR count). The van der Waals surface area contributed by atoms with Crippen LogP contribution in [-0.2, 0) is 11.2 Å². The first-order valence-corrected chi connectivity index (χ1v) is 6.93. The molecule has 1 aromatic rings. The van der Waals surface area contributed by atoms with Crippen LogP contribution in [0, 0.1) is 5.92 Å². The van der Waals surface area contributed by atoms with Crippen molar-refractivity contribution in [3.63, 3.8) is 0 Å². The molecule has 0 saturated carbocycles. The lowest BCUT2D eigenvalue weighted by Gasteiger charge is -2.34. The van der Waals surface area contributed by atoms with Gasteiger partial charge in [0, 0.05) is 22.0 Å². The Morgan fingerprint density at radius 2 is 2.11 bits per heavy atom. The van der Waals surface area contributed by atoms with E-state index in [9.17, 15) is 4.79 Å². The van der Waals surface area contributed by atoms with Gasteiger partial charge in [0.15, 0.2) is 0 Å². The zero-order valence-corrected chi connectivity index (χ0v) is 12.1. The number of rotatable bonds is 3. The van der Waals surface area contributed by atoms with E-state index >= 15 is 0 Å². The van der Waals surface area contributed by atoms with Crippen LogP contribution in [0.3, 0.4) is 0 Å². The van der Waals surface area contributed by atoms with Gasteiger partial charge in [-0.1, -0.05) is 37.0 Å². The fourth-order valence-corrected chi connectivity index (χ4v) is 2.91. The van der Waals surface area contributed by atoms with Gasteiger partial charge in [-0.25, -0.2) is 0 Å². The first-order chi connectivity index (χ1) is 8.43. The molecule has 1 aliphatic heterocycles. The lowest BCUT2D eigenvalue weighted by Crippen LogP contribution is -2.48. The molecule has 1 unspecified atom stereocenters. The van der Waals surface area contributed by atoms with Crippen molar-refractivity contribution < 1.29 is 4.79 Å². The number of carbonyl (C=O) groups excluding carboxylic acids is 1. The second kappa shape index (κ2) is 5.10. The molecule has 0 bridgehead atoms. The van der Waals surface area contributed by atoms with Crippen LogP contribution in [0.15, 0.2) is 18.2 Å². The van der Waals surface area contributed by atoms with Crippen LogP contribution in [-0.4, -0.2) is 11.4 Å². The molecule has 1 aliphatic rings. The lowest BCUT2D eigenvalue weighted by molar-refractivity contribution is -0.120. The van der Waals surface area contributed by atoms with E-state index in [1.807, 2.05) is 12.1 Å². The van der Waals surface area contributed by atoms with E-state index in [-0.39, 0.29) is 11.4 Å². The Morgan fingerprint density at radius 3 is 2.67 bits per heavy atom. The molecule has 1 aromatic carbocycles. The van der Waals surface area contributed by atoms with Gasteiger partial charge in [0.1, 0.15) is 0 Å². The SMILES string of the molecule is CC(C)C1(Cc2cc(Cl)ccc2Cl)CCC(=O)N1. The molecule has 0 aromatic heterocycles. The minimum atomic E-state index is -0.189. The number of hydrogen-bond donors (Lipinski definition) is 1. The molecule has 1 amide bonds. The Hall–Kier alpha value is -0.730. The number of benzene rings is 1. The second-order valence-corrected chi connectivity index (χ2v) is 6.12. The molecular formula is C14H17Cl2NO. The summed E-state index contributed by atoms with van der Waals surface area (Å²) in [5.41, 5.74) is 0.811. The average molecular weight is 286 g/mol. The van der Waals surface area contributed by atoms with Gasteiger partial charge < -0.3 is 5.32 Å². The predicted molar refractivity (Wildman–Crippen MR) is 75.1 cm³/mol. The Bertz CT molecular complexity index is 473. The second-order valence-electron chi connectivity index (χ2n) is 5.27. The van der Waals surface area contributed by atoms with Crippen molar-refractivity contribution in [2.45, 2.75) is 38.6 Å². The predicted octanol–water partition coefficient (Wildman–Crippen LogP) is 3.84. The van der Waals surface area contributed by atoms with Crippen molar-refractivity contribution in [3.8, 4) is 0 Å². The molecule has 1 atom stereocenters. The lowest BCUT2D eigenvalue weighted by atomic mass is 9.80. The van der Waals surface area contributed by atoms with Crippen molar-refractivity contribution >= 4 is 29.1 Å². The third kappa shape index (κ3) is 2.65. The van der Waals surface area contributed by atoms with Crippen LogP contribution in [0.5, 0.6) is 0 Å². The standard InChI is InChI=1S/C14H17Cl2NO/c1-9(2)14(6-5-13(18)17-14)8-10-7-11(15)3-4-12(10)16/h3-4,7,9H,5-6,8H2,1-2H3,(H,17,18). The molecule has 98 valence electrons. The Labute approximate surface area is 118 Å². The molecular weight excluding hydrogens is 269 g/mol. The van der Waals surface area contributed by atoms with Gasteiger partial charge in [-0.15, -0.1) is 0 Å². The monoisotopic (exact) mass is 285 g/mol. The number of hydrogen-bond acceptors (Lipinski definition) is 1. The Kier molecular flexibility index (Phi) is 3.88. The highest BCUT2D eigenvalue weighted by atomic mass is 35.5. The molecule has 2 nitrogen and oxygen atoms in total. The average Bonchev–Trinajstić information content (AvgIpc) is 2.67. The topological polar surface area (TPSA) is 29.1 Å². The molecule has 0 radical (unpaired) electrons. The third-order valence-electron chi connectivity index (χ3n) is 3.81. The van der Waals surface area contributed by atoms with Crippen molar-refractivity contribution in [2.75, 3.05) is 0 Å². The van der Waals surface area contributed by atoms with Crippen LogP contribution in [0.2, 0.25) is 10.0 Å². The molecule has 0 spiro atoms. The number of carbonyl (C=O) groups is 1. The van der Waals surface area contributed by atoms with E-state index in [0.29, 0.717) is 22.4 Å². The maximum absolute atomic E-state index is 11.5. The molecule has 0 aliphatic carbocycles. The van der Waals surface area contributed by atoms with Gasteiger partial charge in [-0.2, -0.15) is 0 Å². The van der Waals surface area contributed by atoms with Crippen molar-refractivity contribution in [2.24, 2.45) is 5.92 Å². The number of halogens is 2. The molecule has 1 saturated heterocycles. The zero-order chi connectivity index (χ0) is 13.3. The summed E-state index contributed by atoms with van der Waals surface area (Å²) < 4.78 is 0. The van der Waals surface area contributed by atoms with Crippen LogP contribution in [0.4, 0.5) is 0 Å². The highest BCUT2D eigenvalue weighted by Gasteiger charge is 2.40. The van der Waals surface area contributed by atoms with Gasteiger partial charge >= 0.3 is 0 Å². The van der Waals surface area contributed by atoms with E-state index in [0.717, 1.165) is 18.4 Å². The summed E-state index contributed by atoms with van der Waals surface area (Å²) >= 11 is 12.2. The van der Waals surface area contributed by atoms with Crippen molar-refractivity contribution in [3.05, 3.63) is 33.8 Å². The summed E-state index contributed by atoms with van der Waals surface area (Å²) in [7, 11) is 0. The fraction of sp³-hybridized carbons (Fsp3) is 0.500. The smallest absolute Gasteiger partial charge is 0.220 e. The van der Waals surface area contributed by atoms with Crippen LogP contribution in [0.1, 0.15) is 32.3 Å². The summed E-state index contributed by atoms with van der Waals surface area (Å²) in [6.45, 7) is 4.26. The first-order valence-electron chi connectivity index (χ1n) is 6.18. The van der Waals surface area contributed by atoms with E-state index in [2.05, 4.69) is 19.2 Å². The van der Waals surface area contributed by atoms with Crippen molar-refractivity contribution in [1.82, 2.24) is 5.32 Å². The molecule has 18 heavy (non-hydrogen) atoms. The van der Waals surface area contributed by atoms with Crippen molar-refractivity contribution in [1.29, 1.82) is 0 Å². The molecule has 4 heteroatoms. The van der Waals surface area contributed by atoms with Gasteiger partial charge in [0.2, 0.25) is 5.91 Å². The number of amides is 1. The van der Waals surface area contributed by atoms with E-state index < -0.39 is 0 Å². The van der Waals surface area contributed by atoms with Crippen LogP contribution in [0.25, 0.3) is 0 Å². The summed E-state index contributed by atoms with van der Waals surface area (Å²) in [5, 5.41) is 4.51. The first kappa shape index (κ1) is 13.7. The van der Waals surface area contributed by atoms with E-state index in [1.54, 1.807) is 6.07 Å². The quantitative estimate of drug-likeness (QED) is 0.898. The fourth-order valence-electron chi connectivity index (χ4n) is 2.53. The third-order valence-corrected chi connectivity index (χ3v) is 4.41. The van der Waals surface area contributed by atoms with Crippen LogP contribution >= 0.6 is 23.2 Å². The van der Waals surface area contributed by atoms with Gasteiger partial charge in [-0.05, 0) is 42.5 Å². The van der Waals surface area contributed by atoms with Gasteiger partial charge in [0.05, 0.1) is 0 Å². The Morgan fingerprint density at radius 1 is 1.39 bits per heavy atom. The largest absolute Gasteiger partial charge is 0.350 e. The normalized spacial score (nSPS) is 23.5. The number of nitrogens with one attached hydrogen (secondary N) is 1. The molecule has 1 heterocycles. The van der Waals surface area contributed by atoms with E-state index in [1.165, 1.54) is 0 Å². The summed E-state index contributed by atoms with van der Waals surface area (Å²) in [4.78, 5) is 11.5. The highest BCUT2D eigenvalue weighted by Crippen LogP contribution is 2.34. The van der Waals surface area contributed by atoms with E-state index in [4.69, 9.17) is 23.2 Å². The summed E-state index contributed by atoms with van der Waals surface area (Å²) in [6.07, 6.45) is 2.18. The minimum Gasteiger partial charge on any atom is -0.350 e. The molecule has 1 fully saturated rings. The maximum Gasteiger partial charge on any atom is 0.220 e. The maximum atomic E-state index is 11.5. The van der Waals surface area contributed by atoms with Crippen LogP contribution < -0.4 is 5.32 Å². The van der Waals surface area contributed by atoms with Gasteiger partial charge in [-0.3, -0.25) is 4.79 Å². The Balaban J connectivity index is 2.30.